The lowest BCUT2D eigenvalue weighted by atomic mass is 10.2. The standard InChI is InChI=1S/C36H28BN2O2/c1-5-15-29(16-6-1)38(30-17-7-2-8-18-30)33-23-13-25-35(27-33)40-37-41-36-26-14-24-34(28-36)39(31-19-9-3-10-20-31)32-21-11-4-12-22-32/h1-28H. The van der Waals surface area contributed by atoms with E-state index in [1.54, 1.807) is 0 Å². The van der Waals surface area contributed by atoms with Crippen molar-refractivity contribution in [2.75, 3.05) is 9.80 Å². The zero-order valence-electron chi connectivity index (χ0n) is 22.5. The molecule has 0 aliphatic heterocycles. The molecule has 0 saturated carbocycles. The topological polar surface area (TPSA) is 24.9 Å². The van der Waals surface area contributed by atoms with Crippen molar-refractivity contribution in [1.29, 1.82) is 0 Å². The second kappa shape index (κ2) is 12.6. The highest BCUT2D eigenvalue weighted by atomic mass is 16.6. The van der Waals surface area contributed by atoms with Crippen LogP contribution < -0.4 is 19.1 Å². The number of para-hydroxylation sites is 4. The van der Waals surface area contributed by atoms with E-state index < -0.39 is 0 Å². The zero-order chi connectivity index (χ0) is 27.7. The van der Waals surface area contributed by atoms with Gasteiger partial charge in [-0.25, -0.2) is 0 Å². The fourth-order valence-electron chi connectivity index (χ4n) is 4.73. The molecule has 5 heteroatoms. The smallest absolute Gasteiger partial charge is 0.526 e. The molecular weight excluding hydrogens is 503 g/mol. The molecule has 1 radical (unpaired) electrons. The fraction of sp³-hybridized carbons (Fsp3) is 0. The molecule has 0 atom stereocenters. The molecule has 6 aromatic rings. The lowest BCUT2D eigenvalue weighted by molar-refractivity contribution is 0.459. The molecule has 0 fully saturated rings. The highest BCUT2D eigenvalue weighted by Crippen LogP contribution is 2.37. The Morgan fingerprint density at radius 1 is 0.317 bits per heavy atom. The van der Waals surface area contributed by atoms with Crippen LogP contribution in [-0.2, 0) is 0 Å². The number of hydrogen-bond acceptors (Lipinski definition) is 4. The summed E-state index contributed by atoms with van der Waals surface area (Å²) in [7, 11) is 1.38. The van der Waals surface area contributed by atoms with Crippen LogP contribution in [0.25, 0.3) is 0 Å². The Balaban J connectivity index is 1.20. The first-order chi connectivity index (χ1) is 20.3. The summed E-state index contributed by atoms with van der Waals surface area (Å²) < 4.78 is 11.9. The van der Waals surface area contributed by atoms with Crippen LogP contribution in [0.1, 0.15) is 0 Å². The van der Waals surface area contributed by atoms with E-state index in [1.807, 2.05) is 109 Å². The molecule has 0 aliphatic rings. The predicted molar refractivity (Wildman–Crippen MR) is 169 cm³/mol. The Morgan fingerprint density at radius 2 is 0.610 bits per heavy atom. The first kappa shape index (κ1) is 25.8. The van der Waals surface area contributed by atoms with Gasteiger partial charge in [-0.3, -0.25) is 0 Å². The summed E-state index contributed by atoms with van der Waals surface area (Å²) >= 11 is 0. The van der Waals surface area contributed by atoms with Crippen molar-refractivity contribution in [1.82, 2.24) is 0 Å². The third-order valence-electron chi connectivity index (χ3n) is 6.58. The van der Waals surface area contributed by atoms with Gasteiger partial charge >= 0.3 is 7.69 Å². The molecule has 0 unspecified atom stereocenters. The second-order valence-electron chi connectivity index (χ2n) is 9.34. The van der Waals surface area contributed by atoms with Crippen molar-refractivity contribution >= 4 is 41.8 Å². The van der Waals surface area contributed by atoms with Crippen molar-refractivity contribution in [3.05, 3.63) is 170 Å². The summed E-state index contributed by atoms with van der Waals surface area (Å²) in [5.74, 6) is 1.34. The van der Waals surface area contributed by atoms with Crippen LogP contribution in [0.15, 0.2) is 170 Å². The van der Waals surface area contributed by atoms with Crippen LogP contribution in [0.4, 0.5) is 34.1 Å². The zero-order valence-corrected chi connectivity index (χ0v) is 22.5. The molecule has 0 aliphatic carbocycles. The maximum absolute atomic E-state index is 5.95. The quantitative estimate of drug-likeness (QED) is 0.164. The fourth-order valence-corrected chi connectivity index (χ4v) is 4.73. The highest BCUT2D eigenvalue weighted by molar-refractivity contribution is 6.20. The molecule has 0 spiro atoms. The van der Waals surface area contributed by atoms with E-state index >= 15 is 0 Å². The second-order valence-corrected chi connectivity index (χ2v) is 9.34. The van der Waals surface area contributed by atoms with Crippen molar-refractivity contribution in [3.8, 4) is 11.5 Å². The van der Waals surface area contributed by atoms with E-state index in [2.05, 4.69) is 70.5 Å². The van der Waals surface area contributed by atoms with Crippen molar-refractivity contribution in [2.24, 2.45) is 0 Å². The number of hydrogen-bond donors (Lipinski definition) is 0. The summed E-state index contributed by atoms with van der Waals surface area (Å²) in [5, 5.41) is 0. The van der Waals surface area contributed by atoms with E-state index in [-0.39, 0.29) is 0 Å². The van der Waals surface area contributed by atoms with Gasteiger partial charge in [-0.15, -0.1) is 0 Å². The summed E-state index contributed by atoms with van der Waals surface area (Å²) in [6, 6.07) is 57.1. The van der Waals surface area contributed by atoms with Crippen LogP contribution in [0.3, 0.4) is 0 Å². The molecular formula is C36H28BN2O2. The first-order valence-corrected chi connectivity index (χ1v) is 13.5. The summed E-state index contributed by atoms with van der Waals surface area (Å²) in [6.45, 7) is 0. The Hall–Kier alpha value is -5.42. The molecule has 0 bridgehead atoms. The normalized spacial score (nSPS) is 10.4. The van der Waals surface area contributed by atoms with Crippen molar-refractivity contribution in [3.63, 3.8) is 0 Å². The SMILES string of the molecule is [B](Oc1cccc(N(c2ccccc2)c2ccccc2)c1)Oc1cccc(N(c2ccccc2)c2ccccc2)c1. The maximum atomic E-state index is 5.95. The molecule has 197 valence electrons. The van der Waals surface area contributed by atoms with Crippen molar-refractivity contribution < 1.29 is 9.31 Å². The van der Waals surface area contributed by atoms with Gasteiger partial charge in [-0.1, -0.05) is 84.9 Å². The minimum Gasteiger partial charge on any atom is -0.526 e. The molecule has 0 N–H and O–H groups in total. The third-order valence-corrected chi connectivity index (χ3v) is 6.58. The lowest BCUT2D eigenvalue weighted by Gasteiger charge is -2.26. The molecule has 41 heavy (non-hydrogen) atoms. The summed E-state index contributed by atoms with van der Waals surface area (Å²) in [5.41, 5.74) is 6.22. The maximum Gasteiger partial charge on any atom is 0.658 e. The molecule has 6 aromatic carbocycles. The van der Waals surface area contributed by atoms with Gasteiger partial charge in [-0.2, -0.15) is 0 Å². The molecule has 6 rings (SSSR count). The lowest BCUT2D eigenvalue weighted by Crippen LogP contribution is -2.13. The summed E-state index contributed by atoms with van der Waals surface area (Å²) in [6.07, 6.45) is 0. The van der Waals surface area contributed by atoms with Crippen LogP contribution in [-0.4, -0.2) is 7.69 Å². The molecule has 0 aromatic heterocycles. The van der Waals surface area contributed by atoms with Gasteiger partial charge in [-0.05, 0) is 72.8 Å². The third kappa shape index (κ3) is 6.26. The Labute approximate surface area is 242 Å². The van der Waals surface area contributed by atoms with Gasteiger partial charge in [0.2, 0.25) is 0 Å². The number of nitrogens with zero attached hydrogens (tertiary/aromatic N) is 2. The number of benzene rings is 6. The minimum atomic E-state index is 0.672. The van der Waals surface area contributed by atoms with Gasteiger partial charge in [0, 0.05) is 46.3 Å². The average Bonchev–Trinajstić information content (AvgIpc) is 3.04. The minimum absolute atomic E-state index is 0.672. The van der Waals surface area contributed by atoms with Crippen LogP contribution >= 0.6 is 0 Å². The van der Waals surface area contributed by atoms with Gasteiger partial charge in [0.1, 0.15) is 11.5 Å². The van der Waals surface area contributed by atoms with Crippen molar-refractivity contribution in [2.45, 2.75) is 0 Å². The van der Waals surface area contributed by atoms with E-state index in [0.29, 0.717) is 11.5 Å². The Bertz CT molecular complexity index is 1460. The number of anilines is 6. The van der Waals surface area contributed by atoms with Gasteiger partial charge in [0.15, 0.2) is 0 Å². The largest absolute Gasteiger partial charge is 0.658 e. The van der Waals surface area contributed by atoms with E-state index in [4.69, 9.17) is 9.31 Å². The molecule has 0 heterocycles. The van der Waals surface area contributed by atoms with E-state index in [0.717, 1.165) is 34.1 Å². The molecule has 4 nitrogen and oxygen atoms in total. The number of rotatable bonds is 10. The molecule has 0 saturated heterocycles. The van der Waals surface area contributed by atoms with E-state index in [9.17, 15) is 0 Å². The Morgan fingerprint density at radius 3 is 0.927 bits per heavy atom. The van der Waals surface area contributed by atoms with Crippen LogP contribution in [0, 0.1) is 0 Å². The van der Waals surface area contributed by atoms with Crippen LogP contribution in [0.5, 0.6) is 11.5 Å². The first-order valence-electron chi connectivity index (χ1n) is 13.5. The van der Waals surface area contributed by atoms with Crippen LogP contribution in [0.2, 0.25) is 0 Å². The van der Waals surface area contributed by atoms with Gasteiger partial charge < -0.3 is 19.1 Å². The Kier molecular flexibility index (Phi) is 7.96. The average molecular weight is 531 g/mol. The monoisotopic (exact) mass is 531 g/mol. The summed E-state index contributed by atoms with van der Waals surface area (Å²) in [4.78, 5) is 4.39. The highest BCUT2D eigenvalue weighted by Gasteiger charge is 2.15. The van der Waals surface area contributed by atoms with E-state index in [1.165, 1.54) is 7.69 Å². The van der Waals surface area contributed by atoms with Gasteiger partial charge in [0.05, 0.1) is 0 Å². The van der Waals surface area contributed by atoms with Gasteiger partial charge in [0.25, 0.3) is 0 Å². The predicted octanol–water partition coefficient (Wildman–Crippen LogP) is 9.62. The molecule has 0 amide bonds.